The Kier molecular flexibility index (Phi) is 6.69. The molecule has 0 spiro atoms. The van der Waals surface area contributed by atoms with Crippen LogP contribution >= 0.6 is 0 Å². The van der Waals surface area contributed by atoms with Gasteiger partial charge < -0.3 is 19.5 Å². The van der Waals surface area contributed by atoms with Gasteiger partial charge in [0.25, 0.3) is 0 Å². The number of methoxy groups -OCH3 is 1. The van der Waals surface area contributed by atoms with Gasteiger partial charge in [0.2, 0.25) is 0 Å². The summed E-state index contributed by atoms with van der Waals surface area (Å²) in [6, 6.07) is 7.00. The second-order valence-electron chi connectivity index (χ2n) is 5.50. The van der Waals surface area contributed by atoms with E-state index in [1.54, 1.807) is 52.1 Å². The first kappa shape index (κ1) is 17.8. The van der Waals surface area contributed by atoms with Crippen molar-refractivity contribution < 1.29 is 23.4 Å². The first-order valence-electron chi connectivity index (χ1n) is 6.88. The van der Waals surface area contributed by atoms with Crippen molar-refractivity contribution in [3.8, 4) is 11.5 Å². The molecule has 0 fully saturated rings. The number of carbonyl (C=O) groups is 1. The molecule has 6 heteroatoms. The zero-order valence-corrected chi connectivity index (χ0v) is 13.3. The lowest BCUT2D eigenvalue weighted by atomic mass is 10.2. The molecule has 0 heterocycles. The van der Waals surface area contributed by atoms with Gasteiger partial charge in [-0.2, -0.15) is 0 Å². The van der Waals surface area contributed by atoms with Gasteiger partial charge >= 0.3 is 6.09 Å². The van der Waals surface area contributed by atoms with Crippen molar-refractivity contribution in [2.75, 3.05) is 20.3 Å². The first-order valence-corrected chi connectivity index (χ1v) is 6.88. The van der Waals surface area contributed by atoms with Crippen LogP contribution in [0.15, 0.2) is 36.2 Å². The Morgan fingerprint density at radius 3 is 2.64 bits per heavy atom. The molecule has 0 atom stereocenters. The summed E-state index contributed by atoms with van der Waals surface area (Å²) in [6.45, 7) is 5.02. The number of nitrogens with one attached hydrogen (secondary N) is 1. The van der Waals surface area contributed by atoms with Crippen molar-refractivity contribution >= 4 is 6.09 Å². The monoisotopic (exact) mass is 311 g/mol. The van der Waals surface area contributed by atoms with Gasteiger partial charge in [-0.25, -0.2) is 9.18 Å². The molecule has 0 aliphatic carbocycles. The number of hydrogen-bond acceptors (Lipinski definition) is 4. The van der Waals surface area contributed by atoms with Crippen LogP contribution in [0, 0.1) is 0 Å². The molecular formula is C16H22FNO4. The normalized spacial score (nSPS) is 11.8. The van der Waals surface area contributed by atoms with Gasteiger partial charge in [0.1, 0.15) is 29.5 Å². The third-order valence-electron chi connectivity index (χ3n) is 2.40. The predicted molar refractivity (Wildman–Crippen MR) is 81.9 cm³/mol. The molecule has 0 aromatic heterocycles. The second kappa shape index (κ2) is 8.26. The lowest BCUT2D eigenvalue weighted by Gasteiger charge is -2.19. The molecule has 1 amide bonds. The third-order valence-corrected chi connectivity index (χ3v) is 2.40. The van der Waals surface area contributed by atoms with Crippen molar-refractivity contribution in [3.63, 3.8) is 0 Å². The molecule has 1 aromatic rings. The molecule has 22 heavy (non-hydrogen) atoms. The Bertz CT molecular complexity index is 523. The van der Waals surface area contributed by atoms with Crippen molar-refractivity contribution in [2.45, 2.75) is 26.4 Å². The minimum atomic E-state index is -0.662. The number of carbonyl (C=O) groups excluding carboxylic acids is 1. The zero-order chi connectivity index (χ0) is 16.6. The summed E-state index contributed by atoms with van der Waals surface area (Å²) in [6.07, 6.45) is 0.585. The summed E-state index contributed by atoms with van der Waals surface area (Å²) >= 11 is 0. The maximum absolute atomic E-state index is 13.5. The van der Waals surface area contributed by atoms with E-state index in [4.69, 9.17) is 14.2 Å². The van der Waals surface area contributed by atoms with Crippen molar-refractivity contribution in [1.82, 2.24) is 5.32 Å². The van der Waals surface area contributed by atoms with Gasteiger partial charge in [-0.05, 0) is 39.0 Å². The Hall–Kier alpha value is -2.24. The highest BCUT2D eigenvalue weighted by molar-refractivity contribution is 5.67. The SMILES string of the molecule is COc1cccc(OC/C=C(\F)CNC(=O)OC(C)(C)C)c1. The van der Waals surface area contributed by atoms with Crippen LogP contribution in [0.1, 0.15) is 20.8 Å². The van der Waals surface area contributed by atoms with E-state index in [0.717, 1.165) is 0 Å². The molecule has 122 valence electrons. The number of benzene rings is 1. The summed E-state index contributed by atoms with van der Waals surface area (Å²) in [7, 11) is 1.56. The summed E-state index contributed by atoms with van der Waals surface area (Å²) in [5.74, 6) is 0.728. The van der Waals surface area contributed by atoms with Gasteiger partial charge in [-0.15, -0.1) is 0 Å². The smallest absolute Gasteiger partial charge is 0.408 e. The Labute approximate surface area is 130 Å². The molecule has 0 radical (unpaired) electrons. The molecule has 0 saturated heterocycles. The third kappa shape index (κ3) is 7.52. The van der Waals surface area contributed by atoms with E-state index in [-0.39, 0.29) is 13.2 Å². The standard InChI is InChI=1S/C16H22FNO4/c1-16(2,3)22-15(19)18-11-12(17)8-9-21-14-7-5-6-13(10-14)20-4/h5-8,10H,9,11H2,1-4H3,(H,18,19)/b12-8-. The van der Waals surface area contributed by atoms with Crippen LogP contribution in [0.3, 0.4) is 0 Å². The van der Waals surface area contributed by atoms with Crippen LogP contribution in [0.25, 0.3) is 0 Å². The molecule has 0 saturated carbocycles. The van der Waals surface area contributed by atoms with E-state index in [1.807, 2.05) is 0 Å². The molecular weight excluding hydrogens is 289 g/mol. The van der Waals surface area contributed by atoms with Gasteiger partial charge in [0.15, 0.2) is 0 Å². The quantitative estimate of drug-likeness (QED) is 0.874. The lowest BCUT2D eigenvalue weighted by Crippen LogP contribution is -2.33. The Balaban J connectivity index is 2.35. The van der Waals surface area contributed by atoms with E-state index in [9.17, 15) is 9.18 Å². The fourth-order valence-corrected chi connectivity index (χ4v) is 1.46. The number of halogens is 1. The molecule has 0 unspecified atom stereocenters. The molecule has 0 aliphatic heterocycles. The van der Waals surface area contributed by atoms with Crippen molar-refractivity contribution in [3.05, 3.63) is 36.2 Å². The Morgan fingerprint density at radius 1 is 1.32 bits per heavy atom. The fraction of sp³-hybridized carbons (Fsp3) is 0.438. The van der Waals surface area contributed by atoms with E-state index in [0.29, 0.717) is 11.5 Å². The predicted octanol–water partition coefficient (Wildman–Crippen LogP) is 3.45. The van der Waals surface area contributed by atoms with Gasteiger partial charge in [0, 0.05) is 6.07 Å². The van der Waals surface area contributed by atoms with Crippen molar-refractivity contribution in [2.24, 2.45) is 0 Å². The van der Waals surface area contributed by atoms with E-state index in [2.05, 4.69) is 5.32 Å². The van der Waals surface area contributed by atoms with Gasteiger partial charge in [-0.3, -0.25) is 0 Å². The maximum Gasteiger partial charge on any atom is 0.408 e. The average molecular weight is 311 g/mol. The highest BCUT2D eigenvalue weighted by atomic mass is 19.1. The number of hydrogen-bond donors (Lipinski definition) is 1. The highest BCUT2D eigenvalue weighted by Crippen LogP contribution is 2.18. The maximum atomic E-state index is 13.5. The summed E-state index contributed by atoms with van der Waals surface area (Å²) < 4.78 is 29.0. The van der Waals surface area contributed by atoms with Crippen LogP contribution in [-0.2, 0) is 4.74 Å². The number of rotatable bonds is 6. The van der Waals surface area contributed by atoms with E-state index < -0.39 is 17.5 Å². The summed E-state index contributed by atoms with van der Waals surface area (Å²) in [4.78, 5) is 11.4. The van der Waals surface area contributed by atoms with Crippen LogP contribution in [0.4, 0.5) is 9.18 Å². The van der Waals surface area contributed by atoms with E-state index >= 15 is 0 Å². The molecule has 1 rings (SSSR count). The van der Waals surface area contributed by atoms with Crippen molar-refractivity contribution in [1.29, 1.82) is 0 Å². The van der Waals surface area contributed by atoms with Gasteiger partial charge in [0.05, 0.1) is 13.7 Å². The average Bonchev–Trinajstić information content (AvgIpc) is 2.43. The molecule has 0 aliphatic rings. The topological polar surface area (TPSA) is 56.8 Å². The van der Waals surface area contributed by atoms with Crippen LogP contribution in [-0.4, -0.2) is 32.0 Å². The van der Waals surface area contributed by atoms with E-state index in [1.165, 1.54) is 6.08 Å². The molecule has 5 nitrogen and oxygen atoms in total. The number of ether oxygens (including phenoxy) is 3. The summed E-state index contributed by atoms with van der Waals surface area (Å²) in [5.41, 5.74) is -0.611. The van der Waals surface area contributed by atoms with Gasteiger partial charge in [-0.1, -0.05) is 6.07 Å². The van der Waals surface area contributed by atoms with Crippen LogP contribution in [0.2, 0.25) is 0 Å². The summed E-state index contributed by atoms with van der Waals surface area (Å²) in [5, 5.41) is 2.33. The Morgan fingerprint density at radius 2 is 2.00 bits per heavy atom. The largest absolute Gasteiger partial charge is 0.497 e. The minimum absolute atomic E-state index is 0.0506. The first-order chi connectivity index (χ1) is 10.3. The second-order valence-corrected chi connectivity index (χ2v) is 5.50. The molecule has 1 N–H and O–H groups in total. The zero-order valence-electron chi connectivity index (χ0n) is 13.3. The fourth-order valence-electron chi connectivity index (χ4n) is 1.46. The van der Waals surface area contributed by atoms with Crippen LogP contribution in [0.5, 0.6) is 11.5 Å². The molecule has 0 bridgehead atoms. The highest BCUT2D eigenvalue weighted by Gasteiger charge is 2.15. The minimum Gasteiger partial charge on any atom is -0.497 e. The number of alkyl carbamates (subject to hydrolysis) is 1. The molecule has 1 aromatic carbocycles. The lowest BCUT2D eigenvalue weighted by molar-refractivity contribution is 0.0529. The van der Waals surface area contributed by atoms with Crippen LogP contribution < -0.4 is 14.8 Å². The number of amides is 1.